The molecule has 0 saturated carbocycles. The lowest BCUT2D eigenvalue weighted by molar-refractivity contribution is -0.123. The Kier molecular flexibility index (Phi) is 5.52. The van der Waals surface area contributed by atoms with Crippen LogP contribution in [0, 0.1) is 5.92 Å². The molecular weight excluding hydrogens is 324 g/mol. The highest BCUT2D eigenvalue weighted by molar-refractivity contribution is 6.01. The summed E-state index contributed by atoms with van der Waals surface area (Å²) in [5.41, 5.74) is 5.76. The van der Waals surface area contributed by atoms with Gasteiger partial charge in [0.1, 0.15) is 5.75 Å². The standard InChI is InChI=1S/C22H24N2O2/c1-15(2)18-9-8-16(3)21(13-18)23-24-22(25)14-26-20-11-10-17-6-4-5-7-19(17)12-20/h4-8,10-12,18H,1,9,13-14H2,2-3H3,(H,24,25)/b23-21+/t18-/m1/s1. The first kappa shape index (κ1) is 17.9. The van der Waals surface area contributed by atoms with Crippen molar-refractivity contribution in [3.8, 4) is 5.75 Å². The molecule has 134 valence electrons. The van der Waals surface area contributed by atoms with Crippen LogP contribution in [0.15, 0.2) is 71.4 Å². The van der Waals surface area contributed by atoms with E-state index in [9.17, 15) is 4.79 Å². The maximum Gasteiger partial charge on any atom is 0.277 e. The highest BCUT2D eigenvalue weighted by Crippen LogP contribution is 2.26. The largest absolute Gasteiger partial charge is 0.484 e. The molecule has 0 heterocycles. The normalized spacial score (nSPS) is 18.5. The number of hydrogen-bond donors (Lipinski definition) is 1. The predicted molar refractivity (Wildman–Crippen MR) is 106 cm³/mol. The molecule has 26 heavy (non-hydrogen) atoms. The van der Waals surface area contributed by atoms with E-state index in [1.807, 2.05) is 56.3 Å². The fourth-order valence-electron chi connectivity index (χ4n) is 2.99. The van der Waals surface area contributed by atoms with Crippen LogP contribution in [0.2, 0.25) is 0 Å². The Bertz CT molecular complexity index is 896. The van der Waals surface area contributed by atoms with Crippen LogP contribution < -0.4 is 10.2 Å². The van der Waals surface area contributed by atoms with E-state index in [2.05, 4.69) is 23.2 Å². The van der Waals surface area contributed by atoms with Crippen molar-refractivity contribution >= 4 is 22.4 Å². The number of nitrogens with zero attached hydrogens (tertiary/aromatic N) is 1. The Morgan fingerprint density at radius 3 is 2.81 bits per heavy atom. The van der Waals surface area contributed by atoms with Gasteiger partial charge in [-0.1, -0.05) is 48.6 Å². The molecule has 1 N–H and O–H groups in total. The van der Waals surface area contributed by atoms with E-state index in [0.717, 1.165) is 40.5 Å². The first-order chi connectivity index (χ1) is 12.5. The first-order valence-corrected chi connectivity index (χ1v) is 8.82. The summed E-state index contributed by atoms with van der Waals surface area (Å²) in [6.07, 6.45) is 3.95. The third-order valence-electron chi connectivity index (χ3n) is 4.71. The topological polar surface area (TPSA) is 50.7 Å². The van der Waals surface area contributed by atoms with Gasteiger partial charge >= 0.3 is 0 Å². The molecule has 4 heteroatoms. The van der Waals surface area contributed by atoms with Crippen molar-refractivity contribution in [3.05, 3.63) is 66.3 Å². The molecule has 0 aliphatic heterocycles. The SMILES string of the molecule is C=C(C)[C@@H]1CC=C(C)/C(=N/NC(=O)COc2ccc3ccccc3c2)C1. The van der Waals surface area contributed by atoms with Gasteiger partial charge in [-0.2, -0.15) is 5.10 Å². The number of nitrogens with one attached hydrogen (secondary N) is 1. The van der Waals surface area contributed by atoms with Crippen molar-refractivity contribution in [2.75, 3.05) is 6.61 Å². The smallest absolute Gasteiger partial charge is 0.277 e. The van der Waals surface area contributed by atoms with Crippen LogP contribution in [0.1, 0.15) is 26.7 Å². The molecule has 4 nitrogen and oxygen atoms in total. The molecule has 1 amide bonds. The van der Waals surface area contributed by atoms with Gasteiger partial charge in [0.15, 0.2) is 6.61 Å². The molecular formula is C22H24N2O2. The Morgan fingerprint density at radius 2 is 2.04 bits per heavy atom. The zero-order valence-corrected chi connectivity index (χ0v) is 15.3. The van der Waals surface area contributed by atoms with Crippen LogP contribution >= 0.6 is 0 Å². The summed E-state index contributed by atoms with van der Waals surface area (Å²) < 4.78 is 5.59. The molecule has 0 fully saturated rings. The minimum Gasteiger partial charge on any atom is -0.484 e. The van der Waals surface area contributed by atoms with Crippen LogP contribution in [0.5, 0.6) is 5.75 Å². The Labute approximate surface area is 154 Å². The lowest BCUT2D eigenvalue weighted by Crippen LogP contribution is -2.27. The van der Waals surface area contributed by atoms with Crippen molar-refractivity contribution in [2.24, 2.45) is 11.0 Å². The second kappa shape index (κ2) is 8.00. The number of carbonyl (C=O) groups excluding carboxylic acids is 1. The van der Waals surface area contributed by atoms with Gasteiger partial charge in [-0.3, -0.25) is 4.79 Å². The summed E-state index contributed by atoms with van der Waals surface area (Å²) >= 11 is 0. The second-order valence-electron chi connectivity index (χ2n) is 6.76. The number of benzene rings is 2. The maximum absolute atomic E-state index is 12.1. The van der Waals surface area contributed by atoms with Crippen molar-refractivity contribution in [3.63, 3.8) is 0 Å². The van der Waals surface area contributed by atoms with E-state index in [1.54, 1.807) is 0 Å². The molecule has 0 aromatic heterocycles. The number of hydrazone groups is 1. The van der Waals surface area contributed by atoms with E-state index in [1.165, 1.54) is 0 Å². The third kappa shape index (κ3) is 4.39. The number of ether oxygens (including phenoxy) is 1. The van der Waals surface area contributed by atoms with Crippen molar-refractivity contribution in [1.82, 2.24) is 5.43 Å². The predicted octanol–water partition coefficient (Wildman–Crippen LogP) is 4.62. The van der Waals surface area contributed by atoms with Crippen LogP contribution in [0.4, 0.5) is 0 Å². The van der Waals surface area contributed by atoms with Gasteiger partial charge < -0.3 is 4.74 Å². The number of fused-ring (bicyclic) bond motifs is 1. The number of carbonyl (C=O) groups is 1. The van der Waals surface area contributed by atoms with Gasteiger partial charge in [-0.25, -0.2) is 5.43 Å². The van der Waals surface area contributed by atoms with Gasteiger partial charge in [0, 0.05) is 0 Å². The quantitative estimate of drug-likeness (QED) is 0.633. The summed E-state index contributed by atoms with van der Waals surface area (Å²) in [5, 5.41) is 6.51. The zero-order chi connectivity index (χ0) is 18.5. The minimum atomic E-state index is -0.268. The van der Waals surface area contributed by atoms with Gasteiger partial charge in [0.05, 0.1) is 5.71 Å². The molecule has 3 rings (SSSR count). The molecule has 0 bridgehead atoms. The summed E-state index contributed by atoms with van der Waals surface area (Å²) in [7, 11) is 0. The van der Waals surface area contributed by atoms with Gasteiger partial charge in [-0.05, 0) is 61.1 Å². The molecule has 1 atom stereocenters. The Balaban J connectivity index is 1.57. The van der Waals surface area contributed by atoms with E-state index in [4.69, 9.17) is 4.74 Å². The third-order valence-corrected chi connectivity index (χ3v) is 4.71. The molecule has 0 radical (unpaired) electrons. The minimum absolute atomic E-state index is 0.0677. The number of amides is 1. The number of allylic oxidation sites excluding steroid dienone is 3. The molecule has 2 aromatic rings. The average Bonchev–Trinajstić information content (AvgIpc) is 2.65. The lowest BCUT2D eigenvalue weighted by atomic mass is 9.85. The Hall–Kier alpha value is -2.88. The van der Waals surface area contributed by atoms with Crippen molar-refractivity contribution in [1.29, 1.82) is 0 Å². The molecule has 0 saturated heterocycles. The molecule has 0 unspecified atom stereocenters. The van der Waals surface area contributed by atoms with Crippen molar-refractivity contribution < 1.29 is 9.53 Å². The first-order valence-electron chi connectivity index (χ1n) is 8.82. The van der Waals surface area contributed by atoms with Crippen LogP contribution in [-0.2, 0) is 4.79 Å². The van der Waals surface area contributed by atoms with E-state index >= 15 is 0 Å². The van der Waals surface area contributed by atoms with Gasteiger partial charge in [0.25, 0.3) is 5.91 Å². The molecule has 1 aliphatic carbocycles. The van der Waals surface area contributed by atoms with Gasteiger partial charge in [-0.15, -0.1) is 0 Å². The van der Waals surface area contributed by atoms with E-state index in [0.29, 0.717) is 11.7 Å². The van der Waals surface area contributed by atoms with Crippen LogP contribution in [0.3, 0.4) is 0 Å². The zero-order valence-electron chi connectivity index (χ0n) is 15.3. The summed E-state index contributed by atoms with van der Waals surface area (Å²) in [6.45, 7) is 8.01. The lowest BCUT2D eigenvalue weighted by Gasteiger charge is -2.22. The monoisotopic (exact) mass is 348 g/mol. The number of rotatable bonds is 5. The Morgan fingerprint density at radius 1 is 1.27 bits per heavy atom. The van der Waals surface area contributed by atoms with Crippen molar-refractivity contribution in [2.45, 2.75) is 26.7 Å². The summed E-state index contributed by atoms with van der Waals surface area (Å²) in [5.74, 6) is 0.793. The van der Waals surface area contributed by atoms with E-state index < -0.39 is 0 Å². The fourth-order valence-corrected chi connectivity index (χ4v) is 2.99. The summed E-state index contributed by atoms with van der Waals surface area (Å²) in [6, 6.07) is 13.8. The molecule has 1 aliphatic rings. The molecule has 0 spiro atoms. The van der Waals surface area contributed by atoms with Gasteiger partial charge in [0.2, 0.25) is 0 Å². The maximum atomic E-state index is 12.1. The highest BCUT2D eigenvalue weighted by Gasteiger charge is 2.18. The van der Waals surface area contributed by atoms with Crippen LogP contribution in [0.25, 0.3) is 10.8 Å². The summed E-state index contributed by atoms with van der Waals surface area (Å²) in [4.78, 5) is 12.1. The molecule has 2 aromatic carbocycles. The fraction of sp³-hybridized carbons (Fsp3) is 0.273. The number of hydrogen-bond acceptors (Lipinski definition) is 3. The second-order valence-corrected chi connectivity index (χ2v) is 6.76. The van der Waals surface area contributed by atoms with Crippen LogP contribution in [-0.4, -0.2) is 18.2 Å². The highest BCUT2D eigenvalue weighted by atomic mass is 16.5. The van der Waals surface area contributed by atoms with E-state index in [-0.39, 0.29) is 12.5 Å². The average molecular weight is 348 g/mol.